The minimum absolute atomic E-state index is 0.166. The van der Waals surface area contributed by atoms with Crippen molar-refractivity contribution < 1.29 is 35.5 Å². The largest absolute Gasteiger partial charge is 0.458 e. The van der Waals surface area contributed by atoms with Gasteiger partial charge in [0.15, 0.2) is 7.38 Å². The topological polar surface area (TPSA) is 9.23 Å². The molecule has 0 saturated carbocycles. The number of hydrogen-bond donors (Lipinski definition) is 0. The lowest BCUT2D eigenvalue weighted by Gasteiger charge is -2.29. The van der Waals surface area contributed by atoms with Crippen LogP contribution in [0.5, 0.6) is 0 Å². The zero-order valence-corrected chi connectivity index (χ0v) is 11.3. The number of ether oxygens (including phenoxy) is 1. The number of alkyl halides is 7. The average molecular weight is 321 g/mol. The van der Waals surface area contributed by atoms with Crippen molar-refractivity contribution in [1.29, 1.82) is 0 Å². The normalized spacial score (nSPS) is 15.0. The molecule has 0 aliphatic rings. The van der Waals surface area contributed by atoms with E-state index in [1.807, 2.05) is 0 Å². The van der Waals surface area contributed by atoms with E-state index in [0.29, 0.717) is 0 Å². The molecule has 0 amide bonds. The Kier molecular flexibility index (Phi) is 5.53. The first-order valence-electron chi connectivity index (χ1n) is 4.86. The van der Waals surface area contributed by atoms with Crippen LogP contribution in [-0.4, -0.2) is 32.2 Å². The summed E-state index contributed by atoms with van der Waals surface area (Å²) in [6.45, 7) is 2.31. The molecule has 0 atom stereocenters. The van der Waals surface area contributed by atoms with Crippen molar-refractivity contribution in [3.8, 4) is 0 Å². The molecule has 0 aromatic heterocycles. The number of hydrogen-bond acceptors (Lipinski definition) is 1. The van der Waals surface area contributed by atoms with Crippen molar-refractivity contribution in [3.05, 3.63) is 0 Å². The van der Waals surface area contributed by atoms with Crippen LogP contribution in [0.1, 0.15) is 6.42 Å². The zero-order chi connectivity index (χ0) is 14.8. The highest BCUT2D eigenvalue weighted by Crippen LogP contribution is 2.47. The van der Waals surface area contributed by atoms with E-state index in [-0.39, 0.29) is 12.5 Å². The van der Waals surface area contributed by atoms with Gasteiger partial charge in [-0.15, -0.1) is 0 Å². The second kappa shape index (κ2) is 5.54. The number of rotatable bonds is 5. The van der Waals surface area contributed by atoms with Gasteiger partial charge in [0.2, 0.25) is 0 Å². The first-order valence-corrected chi connectivity index (χ1v) is 9.08. The fraction of sp³-hybridized carbons (Fsp3) is 1.00. The van der Waals surface area contributed by atoms with E-state index in [1.165, 1.54) is 0 Å². The smallest absolute Gasteiger partial charge is 0.332 e. The molecule has 10 heteroatoms. The molecular formula is C8H12ClF7OSi. The third kappa shape index (κ3) is 4.92. The summed E-state index contributed by atoms with van der Waals surface area (Å²) in [5, 5.41) is 0. The van der Waals surface area contributed by atoms with E-state index in [9.17, 15) is 30.7 Å². The Labute approximate surface area is 105 Å². The molecule has 110 valence electrons. The molecule has 0 spiro atoms. The Morgan fingerprint density at radius 3 is 1.61 bits per heavy atom. The predicted octanol–water partition coefficient (Wildman–Crippen LogP) is 4.63. The van der Waals surface area contributed by atoms with Crippen LogP contribution in [0.15, 0.2) is 0 Å². The summed E-state index contributed by atoms with van der Waals surface area (Å²) in [6, 6.07) is 0.223. The molecule has 0 fully saturated rings. The second-order valence-electron chi connectivity index (χ2n) is 4.26. The molecule has 0 bridgehead atoms. The lowest BCUT2D eigenvalue weighted by Crippen LogP contribution is -2.55. The van der Waals surface area contributed by atoms with Crippen LogP contribution in [-0.2, 0) is 4.74 Å². The van der Waals surface area contributed by atoms with Gasteiger partial charge in [-0.25, -0.2) is 0 Å². The Morgan fingerprint density at radius 2 is 1.33 bits per heavy atom. The summed E-state index contributed by atoms with van der Waals surface area (Å²) in [4.78, 5) is 0. The second-order valence-corrected chi connectivity index (χ2v) is 11.3. The van der Waals surface area contributed by atoms with Gasteiger partial charge in [0, 0.05) is 0 Å². The average Bonchev–Trinajstić information content (AvgIpc) is 2.06. The molecule has 0 aliphatic carbocycles. The van der Waals surface area contributed by atoms with Crippen LogP contribution in [0.25, 0.3) is 0 Å². The third-order valence-electron chi connectivity index (χ3n) is 1.95. The van der Waals surface area contributed by atoms with E-state index in [4.69, 9.17) is 11.1 Å². The summed E-state index contributed by atoms with van der Waals surface area (Å²) in [5.41, 5.74) is 0. The van der Waals surface area contributed by atoms with Gasteiger partial charge in [-0.3, -0.25) is 0 Å². The molecule has 0 saturated heterocycles. The third-order valence-corrected chi connectivity index (χ3v) is 4.06. The fourth-order valence-electron chi connectivity index (χ4n) is 1.03. The van der Waals surface area contributed by atoms with Gasteiger partial charge in [-0.05, 0) is 12.5 Å². The maximum absolute atomic E-state index is 12.9. The minimum Gasteiger partial charge on any atom is -0.332 e. The van der Waals surface area contributed by atoms with E-state index >= 15 is 0 Å². The van der Waals surface area contributed by atoms with E-state index in [0.717, 1.165) is 0 Å². The first kappa shape index (κ1) is 18.0. The maximum Gasteiger partial charge on any atom is 0.458 e. The monoisotopic (exact) mass is 320 g/mol. The molecule has 0 aromatic carbocycles. The van der Waals surface area contributed by atoms with Crippen LogP contribution in [0.4, 0.5) is 30.7 Å². The van der Waals surface area contributed by atoms with Gasteiger partial charge in [-0.1, -0.05) is 13.1 Å². The summed E-state index contributed by atoms with van der Waals surface area (Å²) in [5.74, 6) is -5.63. The van der Waals surface area contributed by atoms with Crippen LogP contribution in [0, 0.1) is 0 Å². The van der Waals surface area contributed by atoms with E-state index in [2.05, 4.69) is 4.74 Å². The molecule has 0 aromatic rings. The van der Waals surface area contributed by atoms with Gasteiger partial charge in [0.1, 0.15) is 0 Å². The summed E-state index contributed by atoms with van der Waals surface area (Å²) >= 11 is 5.81. The van der Waals surface area contributed by atoms with Crippen molar-refractivity contribution in [2.75, 3.05) is 6.61 Å². The van der Waals surface area contributed by atoms with Crippen LogP contribution in [0.3, 0.4) is 0 Å². The Morgan fingerprint density at radius 1 is 0.944 bits per heavy atom. The van der Waals surface area contributed by atoms with Gasteiger partial charge in [-0.2, -0.15) is 41.8 Å². The lowest BCUT2D eigenvalue weighted by atomic mass is 10.3. The van der Waals surface area contributed by atoms with Crippen LogP contribution >= 0.6 is 11.1 Å². The molecule has 0 unspecified atom stereocenters. The van der Waals surface area contributed by atoms with Gasteiger partial charge < -0.3 is 4.74 Å². The van der Waals surface area contributed by atoms with Gasteiger partial charge in [0.05, 0.1) is 6.61 Å². The molecule has 0 radical (unpaired) electrons. The molecular weight excluding hydrogens is 309 g/mol. The molecule has 0 heterocycles. The Bertz CT molecular complexity index is 256. The molecule has 1 nitrogen and oxygen atoms in total. The van der Waals surface area contributed by atoms with Gasteiger partial charge in [0.25, 0.3) is 0 Å². The van der Waals surface area contributed by atoms with Crippen molar-refractivity contribution in [1.82, 2.24) is 0 Å². The highest BCUT2D eigenvalue weighted by atomic mass is 35.6. The SMILES string of the molecule is C[Si](C)(Cl)CCCOC(F)(C(F)(F)F)C(F)(F)F. The first-order chi connectivity index (χ1) is 7.71. The lowest BCUT2D eigenvalue weighted by molar-refractivity contribution is -0.429. The standard InChI is InChI=1S/C8H12ClF7OSi/c1-18(2,9)5-3-4-17-6(10,7(11,12)13)8(14,15)16/h3-5H2,1-2H3. The quantitative estimate of drug-likeness (QED) is 0.311. The van der Waals surface area contributed by atoms with Gasteiger partial charge >= 0.3 is 18.2 Å². The van der Waals surface area contributed by atoms with Crippen molar-refractivity contribution in [3.63, 3.8) is 0 Å². The highest BCUT2D eigenvalue weighted by Gasteiger charge is 2.74. The van der Waals surface area contributed by atoms with Crippen LogP contribution in [0.2, 0.25) is 19.1 Å². The highest BCUT2D eigenvalue weighted by molar-refractivity contribution is 7.19. The summed E-state index contributed by atoms with van der Waals surface area (Å²) in [6.07, 6.45) is -12.5. The number of halogens is 8. The Hall–Kier alpha value is -0.0231. The zero-order valence-electron chi connectivity index (χ0n) is 9.55. The van der Waals surface area contributed by atoms with E-state index in [1.54, 1.807) is 13.1 Å². The molecule has 18 heavy (non-hydrogen) atoms. The molecule has 0 rings (SSSR count). The van der Waals surface area contributed by atoms with Crippen molar-refractivity contribution in [2.24, 2.45) is 0 Å². The maximum atomic E-state index is 12.9. The van der Waals surface area contributed by atoms with Crippen molar-refractivity contribution >= 4 is 18.5 Å². The van der Waals surface area contributed by atoms with Crippen molar-refractivity contribution in [2.45, 2.75) is 43.8 Å². The molecule has 0 N–H and O–H groups in total. The van der Waals surface area contributed by atoms with Crippen LogP contribution < -0.4 is 0 Å². The Balaban J connectivity index is 4.58. The predicted molar refractivity (Wildman–Crippen MR) is 54.7 cm³/mol. The summed E-state index contributed by atoms with van der Waals surface area (Å²) in [7, 11) is -2.14. The van der Waals surface area contributed by atoms with E-state index < -0.39 is 32.2 Å². The molecule has 0 aliphatic heterocycles. The summed E-state index contributed by atoms with van der Waals surface area (Å²) < 4.78 is 88.5. The fourth-order valence-corrected chi connectivity index (χ4v) is 2.42. The minimum atomic E-state index is -6.17.